The first kappa shape index (κ1) is 23.9. The molecule has 36 heavy (non-hydrogen) atoms. The average molecular weight is 494 g/mol. The number of rotatable bonds is 5. The summed E-state index contributed by atoms with van der Waals surface area (Å²) in [5, 5.41) is 0. The van der Waals surface area contributed by atoms with Crippen LogP contribution in [0.2, 0.25) is 0 Å². The Balaban J connectivity index is 1.31. The van der Waals surface area contributed by atoms with Crippen LogP contribution in [-0.4, -0.2) is 51.0 Å². The number of piperidine rings is 1. The number of methoxy groups -OCH3 is 3. The molecule has 2 aliphatic heterocycles. The van der Waals surface area contributed by atoms with Crippen molar-refractivity contribution in [3.8, 4) is 34.1 Å². The average Bonchev–Trinajstić information content (AvgIpc) is 2.92. The highest BCUT2D eigenvalue weighted by atomic mass is 19.1. The van der Waals surface area contributed by atoms with E-state index in [1.165, 1.54) is 12.1 Å². The van der Waals surface area contributed by atoms with Crippen molar-refractivity contribution < 1.29 is 32.9 Å². The van der Waals surface area contributed by atoms with E-state index >= 15 is 0 Å². The summed E-state index contributed by atoms with van der Waals surface area (Å²) in [6.45, 7) is 1.33. The number of carbonyl (C=O) groups is 1. The van der Waals surface area contributed by atoms with E-state index in [1.807, 2.05) is 30.3 Å². The molecule has 3 aromatic rings. The summed E-state index contributed by atoms with van der Waals surface area (Å²) >= 11 is 0. The van der Waals surface area contributed by atoms with Gasteiger partial charge in [-0.1, -0.05) is 12.1 Å². The number of hydrogen-bond donors (Lipinski definition) is 0. The highest BCUT2D eigenvalue weighted by molar-refractivity contribution is 5.94. The van der Waals surface area contributed by atoms with E-state index < -0.39 is 11.6 Å². The molecule has 3 aromatic carbocycles. The Morgan fingerprint density at radius 3 is 2.28 bits per heavy atom. The van der Waals surface area contributed by atoms with Gasteiger partial charge in [0, 0.05) is 37.1 Å². The largest absolute Gasteiger partial charge is 0.493 e. The lowest BCUT2D eigenvalue weighted by Crippen LogP contribution is -2.52. The van der Waals surface area contributed by atoms with Gasteiger partial charge in [0.05, 0.1) is 27.9 Å². The number of likely N-dealkylation sites (tertiary alicyclic amines) is 1. The summed E-state index contributed by atoms with van der Waals surface area (Å²) in [4.78, 5) is 14.5. The van der Waals surface area contributed by atoms with Crippen LogP contribution in [-0.2, 0) is 11.3 Å². The van der Waals surface area contributed by atoms with E-state index in [4.69, 9.17) is 23.7 Å². The van der Waals surface area contributed by atoms with Crippen molar-refractivity contribution in [2.45, 2.75) is 25.2 Å². The summed E-state index contributed by atoms with van der Waals surface area (Å²) in [7, 11) is 4.75. The highest BCUT2D eigenvalue weighted by Crippen LogP contribution is 2.43. The van der Waals surface area contributed by atoms with Gasteiger partial charge in [0.1, 0.15) is 11.6 Å². The lowest BCUT2D eigenvalue weighted by atomic mass is 9.98. The minimum atomic E-state index is -0.778. The minimum absolute atomic E-state index is 0.185. The Bertz CT molecular complexity index is 1260. The molecule has 0 unspecified atom stereocenters. The third kappa shape index (κ3) is 4.44. The van der Waals surface area contributed by atoms with Crippen LogP contribution in [0.5, 0.6) is 23.0 Å². The van der Waals surface area contributed by atoms with Gasteiger partial charge in [-0.15, -0.1) is 0 Å². The SMILES string of the molecule is COc1cc(-c2ccc3c(c2)COC2(CCN(C(=O)c4cccc(F)c4)CC2)O3)cc(OC)c1OC. The van der Waals surface area contributed by atoms with E-state index in [9.17, 15) is 9.18 Å². The number of amides is 1. The molecule has 5 rings (SSSR count). The maximum Gasteiger partial charge on any atom is 0.253 e. The van der Waals surface area contributed by atoms with Crippen molar-refractivity contribution >= 4 is 5.91 Å². The number of nitrogens with zero attached hydrogens (tertiary/aromatic N) is 1. The smallest absolute Gasteiger partial charge is 0.253 e. The maximum absolute atomic E-state index is 13.5. The first-order valence-electron chi connectivity index (χ1n) is 11.8. The molecule has 188 valence electrons. The summed E-state index contributed by atoms with van der Waals surface area (Å²) in [6, 6.07) is 15.5. The number of hydrogen-bond acceptors (Lipinski definition) is 6. The normalized spacial score (nSPS) is 16.2. The summed E-state index contributed by atoms with van der Waals surface area (Å²) in [6.07, 6.45) is 1.06. The van der Waals surface area contributed by atoms with Crippen LogP contribution in [0.1, 0.15) is 28.8 Å². The summed E-state index contributed by atoms with van der Waals surface area (Å²) < 4.78 is 42.5. The van der Waals surface area contributed by atoms with Crippen molar-refractivity contribution in [3.63, 3.8) is 0 Å². The highest BCUT2D eigenvalue weighted by Gasteiger charge is 2.42. The molecule has 0 aliphatic carbocycles. The van der Waals surface area contributed by atoms with Gasteiger partial charge in [0.2, 0.25) is 11.5 Å². The number of carbonyl (C=O) groups excluding carboxylic acids is 1. The lowest BCUT2D eigenvalue weighted by Gasteiger charge is -2.44. The van der Waals surface area contributed by atoms with E-state index in [0.29, 0.717) is 55.4 Å². The van der Waals surface area contributed by atoms with Gasteiger partial charge in [0.15, 0.2) is 11.5 Å². The van der Waals surface area contributed by atoms with Crippen molar-refractivity contribution in [2.75, 3.05) is 34.4 Å². The molecular weight excluding hydrogens is 465 g/mol. The van der Waals surface area contributed by atoms with Gasteiger partial charge in [-0.25, -0.2) is 4.39 Å². The Morgan fingerprint density at radius 1 is 0.917 bits per heavy atom. The molecule has 1 spiro atoms. The van der Waals surface area contributed by atoms with Crippen LogP contribution >= 0.6 is 0 Å². The van der Waals surface area contributed by atoms with Gasteiger partial charge in [-0.2, -0.15) is 0 Å². The molecule has 1 saturated heterocycles. The van der Waals surface area contributed by atoms with Crippen LogP contribution in [0.15, 0.2) is 54.6 Å². The van der Waals surface area contributed by atoms with Crippen LogP contribution < -0.4 is 18.9 Å². The molecule has 0 N–H and O–H groups in total. The Kier molecular flexibility index (Phi) is 6.45. The molecule has 1 amide bonds. The molecule has 0 bridgehead atoms. The number of fused-ring (bicyclic) bond motifs is 1. The predicted octanol–water partition coefficient (Wildman–Crippen LogP) is 5.06. The zero-order chi connectivity index (χ0) is 25.3. The topological polar surface area (TPSA) is 66.5 Å². The first-order valence-corrected chi connectivity index (χ1v) is 11.8. The second-order valence-corrected chi connectivity index (χ2v) is 8.84. The van der Waals surface area contributed by atoms with Crippen molar-refractivity contribution in [1.29, 1.82) is 0 Å². The van der Waals surface area contributed by atoms with Crippen LogP contribution in [0.3, 0.4) is 0 Å². The van der Waals surface area contributed by atoms with Crippen molar-refractivity contribution in [2.24, 2.45) is 0 Å². The van der Waals surface area contributed by atoms with Gasteiger partial charge in [-0.3, -0.25) is 4.79 Å². The monoisotopic (exact) mass is 493 g/mol. The van der Waals surface area contributed by atoms with E-state index in [2.05, 4.69) is 0 Å². The molecule has 0 atom stereocenters. The van der Waals surface area contributed by atoms with Gasteiger partial charge >= 0.3 is 0 Å². The second kappa shape index (κ2) is 9.70. The first-order chi connectivity index (χ1) is 17.4. The van der Waals surface area contributed by atoms with Crippen LogP contribution in [0, 0.1) is 5.82 Å². The van der Waals surface area contributed by atoms with E-state index in [-0.39, 0.29) is 5.91 Å². The fraction of sp³-hybridized carbons (Fsp3) is 0.321. The van der Waals surface area contributed by atoms with Gasteiger partial charge in [-0.05, 0) is 53.6 Å². The number of benzene rings is 3. The maximum atomic E-state index is 13.5. The van der Waals surface area contributed by atoms with Crippen molar-refractivity contribution in [1.82, 2.24) is 4.90 Å². The van der Waals surface area contributed by atoms with Gasteiger partial charge in [0.25, 0.3) is 5.91 Å². The molecule has 1 fully saturated rings. The molecule has 0 saturated carbocycles. The molecular formula is C28H28FNO6. The predicted molar refractivity (Wildman–Crippen MR) is 131 cm³/mol. The molecule has 7 nitrogen and oxygen atoms in total. The molecule has 2 heterocycles. The summed E-state index contributed by atoms with van der Waals surface area (Å²) in [5.74, 6) is 1.08. The third-order valence-electron chi connectivity index (χ3n) is 6.73. The second-order valence-electron chi connectivity index (χ2n) is 8.84. The Hall–Kier alpha value is -3.78. The molecule has 2 aliphatic rings. The fourth-order valence-corrected chi connectivity index (χ4v) is 4.76. The zero-order valence-electron chi connectivity index (χ0n) is 20.5. The number of halogens is 1. The van der Waals surface area contributed by atoms with Crippen molar-refractivity contribution in [3.05, 3.63) is 71.5 Å². The van der Waals surface area contributed by atoms with Crippen LogP contribution in [0.4, 0.5) is 4.39 Å². The lowest BCUT2D eigenvalue weighted by molar-refractivity contribution is -0.225. The zero-order valence-corrected chi connectivity index (χ0v) is 20.5. The minimum Gasteiger partial charge on any atom is -0.493 e. The van der Waals surface area contributed by atoms with E-state index in [0.717, 1.165) is 22.4 Å². The quantitative estimate of drug-likeness (QED) is 0.495. The fourth-order valence-electron chi connectivity index (χ4n) is 4.76. The Morgan fingerprint density at radius 2 is 1.64 bits per heavy atom. The van der Waals surface area contributed by atoms with E-state index in [1.54, 1.807) is 38.4 Å². The van der Waals surface area contributed by atoms with Gasteiger partial charge < -0.3 is 28.6 Å². The molecule has 0 aromatic heterocycles. The molecule has 8 heteroatoms. The van der Waals surface area contributed by atoms with Crippen LogP contribution in [0.25, 0.3) is 11.1 Å². The molecule has 0 radical (unpaired) electrons. The Labute approximate surface area is 209 Å². The number of ether oxygens (including phenoxy) is 5. The third-order valence-corrected chi connectivity index (χ3v) is 6.73. The summed E-state index contributed by atoms with van der Waals surface area (Å²) in [5.41, 5.74) is 3.16. The standard InChI is InChI=1S/C28H28FNO6/c1-32-24-15-20(16-25(33-2)26(24)34-3)18-7-8-23-21(13-18)17-35-28(36-23)9-11-30(12-10-28)27(31)19-5-4-6-22(29)14-19/h4-8,13-16H,9-12,17H2,1-3H3.